The quantitative estimate of drug-likeness (QED) is 0.0282. The van der Waals surface area contributed by atoms with Crippen molar-refractivity contribution < 1.29 is 32.9 Å². The smallest absolute Gasteiger partial charge is 0.268 e. The maximum atomic E-state index is 12.8. The molecule has 0 aliphatic heterocycles. The van der Waals surface area contributed by atoms with E-state index in [0.29, 0.717) is 17.4 Å². The van der Waals surface area contributed by atoms with Crippen LogP contribution in [-0.2, 0) is 18.4 Å². The van der Waals surface area contributed by atoms with Crippen molar-refractivity contribution in [1.82, 2.24) is 5.32 Å². The van der Waals surface area contributed by atoms with Gasteiger partial charge in [0.05, 0.1) is 39.9 Å². The number of nitrogens with one attached hydrogen (secondary N) is 1. The maximum absolute atomic E-state index is 12.8. The van der Waals surface area contributed by atoms with E-state index in [0.717, 1.165) is 57.8 Å². The fraction of sp³-hybridized carbons (Fsp3) is 0.750. The molecule has 9 heteroatoms. The van der Waals surface area contributed by atoms with Crippen LogP contribution in [0.25, 0.3) is 0 Å². The highest BCUT2D eigenvalue weighted by Crippen LogP contribution is 2.38. The number of phosphoric ester groups is 1. The molecular formula is C44H81N2O6P. The minimum Gasteiger partial charge on any atom is -0.756 e. The number of likely N-dealkylation sites (N-methyl/N-ethyl adjacent to an activating group) is 1. The van der Waals surface area contributed by atoms with Gasteiger partial charge < -0.3 is 28.8 Å². The Morgan fingerprint density at radius 2 is 1.17 bits per heavy atom. The molecule has 3 unspecified atom stereocenters. The predicted octanol–water partition coefficient (Wildman–Crippen LogP) is 10.8. The third-order valence-corrected chi connectivity index (χ3v) is 9.90. The first kappa shape index (κ1) is 51.2. The van der Waals surface area contributed by atoms with Crippen molar-refractivity contribution in [2.75, 3.05) is 40.9 Å². The first-order chi connectivity index (χ1) is 25.5. The molecule has 0 fully saturated rings. The van der Waals surface area contributed by atoms with Gasteiger partial charge >= 0.3 is 0 Å². The average molecular weight is 765 g/mol. The van der Waals surface area contributed by atoms with Crippen molar-refractivity contribution in [3.8, 4) is 0 Å². The van der Waals surface area contributed by atoms with Crippen molar-refractivity contribution >= 4 is 13.7 Å². The van der Waals surface area contributed by atoms with Gasteiger partial charge in [0.2, 0.25) is 5.91 Å². The highest BCUT2D eigenvalue weighted by molar-refractivity contribution is 7.45. The van der Waals surface area contributed by atoms with E-state index in [4.69, 9.17) is 9.05 Å². The van der Waals surface area contributed by atoms with Gasteiger partial charge in [-0.15, -0.1) is 0 Å². The number of amides is 1. The van der Waals surface area contributed by atoms with E-state index in [1.54, 1.807) is 6.08 Å². The van der Waals surface area contributed by atoms with Crippen molar-refractivity contribution in [2.24, 2.45) is 0 Å². The van der Waals surface area contributed by atoms with E-state index in [1.807, 2.05) is 27.2 Å². The number of carbonyl (C=O) groups is 1. The summed E-state index contributed by atoms with van der Waals surface area (Å²) in [5.41, 5.74) is 0. The molecule has 0 saturated carbocycles. The summed E-state index contributed by atoms with van der Waals surface area (Å²) in [7, 11) is 1.22. The Labute approximate surface area is 326 Å². The molecule has 0 bridgehead atoms. The van der Waals surface area contributed by atoms with E-state index >= 15 is 0 Å². The van der Waals surface area contributed by atoms with E-state index in [2.05, 4.69) is 67.8 Å². The third kappa shape index (κ3) is 38.3. The summed E-state index contributed by atoms with van der Waals surface area (Å²) in [5, 5.41) is 13.7. The molecule has 308 valence electrons. The number of hydrogen-bond acceptors (Lipinski definition) is 6. The molecule has 2 N–H and O–H groups in total. The highest BCUT2D eigenvalue weighted by atomic mass is 31.2. The standard InChI is InChI=1S/C44H81N2O6P/c1-6-8-10-12-14-16-18-19-20-21-22-23-24-25-26-27-28-30-32-34-36-38-44(48)45-42(41-52-53(49,50)51-40-39-46(3,4)5)43(47)37-35-33-31-29-17-15-13-11-9-7-2/h9,11,17-19,21-22,29,35,37,42-43,47H,6-8,10,12-16,20,23-28,30-34,36,38-41H2,1-5H3,(H-,45,48,49,50)/b11-9+,19-18-,22-21-,29-17+,37-35+. The number of allylic oxidation sites excluding steroid dienone is 9. The van der Waals surface area contributed by atoms with Crippen LogP contribution in [0.3, 0.4) is 0 Å². The van der Waals surface area contributed by atoms with Gasteiger partial charge in [-0.3, -0.25) is 9.36 Å². The average Bonchev–Trinajstić information content (AvgIpc) is 3.10. The maximum Gasteiger partial charge on any atom is 0.268 e. The second kappa shape index (κ2) is 35.9. The summed E-state index contributed by atoms with van der Waals surface area (Å²) >= 11 is 0. The monoisotopic (exact) mass is 765 g/mol. The van der Waals surface area contributed by atoms with Gasteiger partial charge in [-0.1, -0.05) is 145 Å². The lowest BCUT2D eigenvalue weighted by Gasteiger charge is -2.29. The van der Waals surface area contributed by atoms with Gasteiger partial charge in [0.25, 0.3) is 7.82 Å². The van der Waals surface area contributed by atoms with Crippen LogP contribution in [0.4, 0.5) is 0 Å². The summed E-state index contributed by atoms with van der Waals surface area (Å²) in [5.74, 6) is -0.222. The summed E-state index contributed by atoms with van der Waals surface area (Å²) in [4.78, 5) is 25.2. The van der Waals surface area contributed by atoms with Gasteiger partial charge in [-0.2, -0.15) is 0 Å². The second-order valence-electron chi connectivity index (χ2n) is 15.3. The van der Waals surface area contributed by atoms with E-state index < -0.39 is 26.6 Å². The fourth-order valence-electron chi connectivity index (χ4n) is 5.57. The molecule has 1 amide bonds. The fourth-order valence-corrected chi connectivity index (χ4v) is 6.30. The summed E-state index contributed by atoms with van der Waals surface area (Å²) in [6, 6.07) is -0.911. The highest BCUT2D eigenvalue weighted by Gasteiger charge is 2.23. The van der Waals surface area contributed by atoms with Gasteiger partial charge in [-0.05, 0) is 70.6 Å². The molecule has 0 heterocycles. The van der Waals surface area contributed by atoms with Crippen LogP contribution in [0.1, 0.15) is 162 Å². The van der Waals surface area contributed by atoms with E-state index in [-0.39, 0.29) is 12.5 Å². The summed E-state index contributed by atoms with van der Waals surface area (Å²) < 4.78 is 23.1. The van der Waals surface area contributed by atoms with Crippen LogP contribution in [0, 0.1) is 0 Å². The van der Waals surface area contributed by atoms with Crippen LogP contribution >= 0.6 is 7.82 Å². The normalized spacial score (nSPS) is 15.1. The molecule has 53 heavy (non-hydrogen) atoms. The Kier molecular flexibility index (Phi) is 34.7. The number of aliphatic hydroxyl groups excluding tert-OH is 1. The number of hydrogen-bond donors (Lipinski definition) is 2. The molecule has 0 aromatic rings. The molecule has 0 radical (unpaired) electrons. The topological polar surface area (TPSA) is 108 Å². The Hall–Kier alpha value is -1.80. The first-order valence-corrected chi connectivity index (χ1v) is 22.6. The second-order valence-corrected chi connectivity index (χ2v) is 16.7. The van der Waals surface area contributed by atoms with Crippen molar-refractivity contribution in [1.29, 1.82) is 0 Å². The first-order valence-electron chi connectivity index (χ1n) is 21.2. The Morgan fingerprint density at radius 3 is 1.72 bits per heavy atom. The summed E-state index contributed by atoms with van der Waals surface area (Å²) in [6.45, 7) is 4.45. The lowest BCUT2D eigenvalue weighted by Crippen LogP contribution is -2.45. The van der Waals surface area contributed by atoms with Gasteiger partial charge in [-0.25, -0.2) is 0 Å². The molecule has 0 aromatic heterocycles. The molecule has 0 aliphatic rings. The molecule has 3 atom stereocenters. The molecule has 0 spiro atoms. The van der Waals surface area contributed by atoms with Gasteiger partial charge in [0.15, 0.2) is 0 Å². The SMILES string of the molecule is CC/C=C/CC/C=C/CC/C=C/C(O)C(COP(=O)([O-])OCC[N+](C)(C)C)NC(=O)CCCCCCCCCCC/C=C\C/C=C\CCCCCCC. The number of quaternary nitrogens is 1. The van der Waals surface area contributed by atoms with E-state index in [1.165, 1.54) is 83.5 Å². The van der Waals surface area contributed by atoms with Crippen LogP contribution in [0.5, 0.6) is 0 Å². The van der Waals surface area contributed by atoms with E-state index in [9.17, 15) is 19.4 Å². The molecular weight excluding hydrogens is 683 g/mol. The number of nitrogens with zero attached hydrogens (tertiary/aromatic N) is 1. The van der Waals surface area contributed by atoms with Crippen molar-refractivity contribution in [3.05, 3.63) is 60.8 Å². The number of rotatable bonds is 37. The lowest BCUT2D eigenvalue weighted by molar-refractivity contribution is -0.870. The summed E-state index contributed by atoms with van der Waals surface area (Å²) in [6.07, 6.45) is 45.7. The minimum absolute atomic E-state index is 0.0125. The number of phosphoric acid groups is 1. The van der Waals surface area contributed by atoms with Gasteiger partial charge in [0, 0.05) is 6.42 Å². The zero-order valence-corrected chi connectivity index (χ0v) is 35.6. The van der Waals surface area contributed by atoms with Crippen LogP contribution in [0.15, 0.2) is 60.8 Å². The van der Waals surface area contributed by atoms with Gasteiger partial charge in [0.1, 0.15) is 13.2 Å². The Bertz CT molecular complexity index is 1050. The number of aliphatic hydroxyl groups is 1. The zero-order chi connectivity index (χ0) is 39.3. The predicted molar refractivity (Wildman–Crippen MR) is 224 cm³/mol. The van der Waals surface area contributed by atoms with Crippen molar-refractivity contribution in [3.63, 3.8) is 0 Å². The number of carbonyl (C=O) groups excluding carboxylic acids is 1. The van der Waals surface area contributed by atoms with Crippen molar-refractivity contribution in [2.45, 2.75) is 174 Å². The van der Waals surface area contributed by atoms with Crippen LogP contribution in [0.2, 0.25) is 0 Å². The Balaban J connectivity index is 4.37. The van der Waals surface area contributed by atoms with Crippen LogP contribution < -0.4 is 10.2 Å². The largest absolute Gasteiger partial charge is 0.756 e. The number of unbranched alkanes of at least 4 members (excludes halogenated alkanes) is 16. The minimum atomic E-state index is -4.60. The zero-order valence-electron chi connectivity index (χ0n) is 34.7. The molecule has 0 saturated heterocycles. The molecule has 0 aliphatic carbocycles. The third-order valence-electron chi connectivity index (χ3n) is 8.94. The lowest BCUT2D eigenvalue weighted by atomic mass is 10.1. The molecule has 0 rings (SSSR count). The Morgan fingerprint density at radius 1 is 0.679 bits per heavy atom. The molecule has 8 nitrogen and oxygen atoms in total. The molecule has 0 aromatic carbocycles. The van der Waals surface area contributed by atoms with Crippen LogP contribution in [-0.4, -0.2) is 68.5 Å².